The zero-order valence-corrected chi connectivity index (χ0v) is 19.7. The molecule has 0 unspecified atom stereocenters. The highest BCUT2D eigenvalue weighted by Crippen LogP contribution is 2.34. The summed E-state index contributed by atoms with van der Waals surface area (Å²) in [5.74, 6) is 0. The molecule has 1 aliphatic rings. The Morgan fingerprint density at radius 3 is 2.03 bits per heavy atom. The number of nitrogens with one attached hydrogen (secondary N) is 1. The van der Waals surface area contributed by atoms with Crippen molar-refractivity contribution in [3.8, 4) is 11.1 Å². The number of hydrogen-bond donors (Lipinski definition) is 5. The van der Waals surface area contributed by atoms with Crippen molar-refractivity contribution < 1.29 is 38.9 Å². The van der Waals surface area contributed by atoms with Gasteiger partial charge in [-0.15, -0.1) is 0 Å². The minimum atomic E-state index is -4.75. The molecule has 0 heterocycles. The number of nitrogens with two attached hydrogens (primary N) is 1. The molecule has 0 aliphatic heterocycles. The van der Waals surface area contributed by atoms with E-state index in [1.165, 1.54) is 37.3 Å². The van der Waals surface area contributed by atoms with E-state index >= 15 is 0 Å². The fourth-order valence-corrected chi connectivity index (χ4v) is 5.36. The van der Waals surface area contributed by atoms with Gasteiger partial charge in [-0.05, 0) is 71.2 Å². The highest BCUT2D eigenvalue weighted by atomic mass is 32.2. The monoisotopic (exact) mass is 526 g/mol. The molecule has 0 saturated carbocycles. The first-order valence-electron chi connectivity index (χ1n) is 9.16. The lowest BCUT2D eigenvalue weighted by Crippen LogP contribution is -2.12. The maximum atomic E-state index is 12.0. The summed E-state index contributed by atoms with van der Waals surface area (Å²) in [6.45, 7) is 1.47. The molecule has 0 aromatic heterocycles. The third-order valence-electron chi connectivity index (χ3n) is 4.95. The first-order chi connectivity index (χ1) is 15.5. The van der Waals surface area contributed by atoms with Gasteiger partial charge >= 0.3 is 0 Å². The first-order valence-corrected chi connectivity index (χ1v) is 13.5. The normalized spacial score (nSPS) is 16.1. The van der Waals surface area contributed by atoms with E-state index < -0.39 is 50.8 Å². The van der Waals surface area contributed by atoms with E-state index in [1.807, 2.05) is 0 Å². The number of allylic oxidation sites excluding steroid dienone is 5. The molecular weight excluding hydrogens is 508 g/mol. The molecule has 0 bridgehead atoms. The fraction of sp³-hybridized carbons (Fsp3) is 0.0500. The van der Waals surface area contributed by atoms with Gasteiger partial charge < -0.3 is 5.73 Å². The van der Waals surface area contributed by atoms with Gasteiger partial charge in [0.2, 0.25) is 0 Å². The Bertz CT molecular complexity index is 1650. The zero-order valence-electron chi connectivity index (χ0n) is 17.3. The Kier molecular flexibility index (Phi) is 6.43. The van der Waals surface area contributed by atoms with Crippen molar-refractivity contribution in [2.24, 2.45) is 0 Å². The maximum Gasteiger partial charge on any atom is 0.296 e. The fourth-order valence-electron chi connectivity index (χ4n) is 3.35. The summed E-state index contributed by atoms with van der Waals surface area (Å²) in [4.78, 5) is -1.79. The molecule has 0 radical (unpaired) electrons. The molecule has 0 amide bonds. The summed E-state index contributed by atoms with van der Waals surface area (Å²) in [7, 11) is -14.1. The van der Waals surface area contributed by atoms with Crippen LogP contribution in [0.4, 0.5) is 5.69 Å². The quantitative estimate of drug-likeness (QED) is 0.283. The van der Waals surface area contributed by atoms with Gasteiger partial charge in [0.1, 0.15) is 14.7 Å². The SMILES string of the molecule is Cc1c(-c2ccc(N)c(S(=O)(=O)O)c2)ccc(S(=O)(=O)O)c1/C=C1/C=CC(=N)C(S(=O)(=O)O)=C1. The molecule has 0 fully saturated rings. The van der Waals surface area contributed by atoms with Crippen molar-refractivity contribution in [1.82, 2.24) is 0 Å². The Balaban J connectivity index is 2.32. The molecule has 34 heavy (non-hydrogen) atoms. The first kappa shape index (κ1) is 25.5. The van der Waals surface area contributed by atoms with Crippen LogP contribution >= 0.6 is 0 Å². The van der Waals surface area contributed by atoms with Crippen LogP contribution in [0, 0.1) is 12.3 Å². The molecule has 3 rings (SSSR count). The number of hydrogen-bond acceptors (Lipinski definition) is 8. The van der Waals surface area contributed by atoms with Crippen LogP contribution in [0.25, 0.3) is 17.2 Å². The summed E-state index contributed by atoms with van der Waals surface area (Å²) in [6.07, 6.45) is 4.56. The topological polar surface area (TPSA) is 213 Å². The van der Waals surface area contributed by atoms with Crippen molar-refractivity contribution in [1.29, 1.82) is 5.41 Å². The smallest absolute Gasteiger partial charge is 0.296 e. The van der Waals surface area contributed by atoms with E-state index in [9.17, 15) is 38.9 Å². The van der Waals surface area contributed by atoms with Crippen LogP contribution in [-0.2, 0) is 30.4 Å². The molecule has 11 nitrogen and oxygen atoms in total. The highest BCUT2D eigenvalue weighted by molar-refractivity contribution is 7.91. The third-order valence-corrected chi connectivity index (χ3v) is 7.66. The van der Waals surface area contributed by atoms with Gasteiger partial charge in [0, 0.05) is 0 Å². The molecule has 2 aromatic carbocycles. The predicted molar refractivity (Wildman–Crippen MR) is 125 cm³/mol. The summed E-state index contributed by atoms with van der Waals surface area (Å²) < 4.78 is 98.8. The van der Waals surface area contributed by atoms with Crippen molar-refractivity contribution in [3.05, 3.63) is 70.2 Å². The molecule has 1 aliphatic carbocycles. The highest BCUT2D eigenvalue weighted by Gasteiger charge is 2.23. The van der Waals surface area contributed by atoms with Gasteiger partial charge in [0.05, 0.1) is 11.4 Å². The molecule has 14 heteroatoms. The van der Waals surface area contributed by atoms with Crippen LogP contribution in [0.5, 0.6) is 0 Å². The van der Waals surface area contributed by atoms with Crippen molar-refractivity contribution in [2.45, 2.75) is 16.7 Å². The van der Waals surface area contributed by atoms with E-state index in [1.54, 1.807) is 0 Å². The Labute approximate surface area is 195 Å². The van der Waals surface area contributed by atoms with Gasteiger partial charge in [-0.2, -0.15) is 25.3 Å². The second-order valence-corrected chi connectivity index (χ2v) is 11.4. The lowest BCUT2D eigenvalue weighted by Gasteiger charge is -2.15. The maximum absolute atomic E-state index is 12.0. The standard InChI is InChI=1S/C20H18N2O9S3/c1-11-14(13-3-6-17(22)20(10-13)34(29,30)31)4-7-18(32(23,24)25)15(11)8-12-2-5-16(21)19(9-12)33(26,27)28/h2-10,21H,22H2,1H3,(H,23,24,25)(H,26,27,28)(H,29,30,31)/b12-8-,21-16?. The van der Waals surface area contributed by atoms with Crippen molar-refractivity contribution in [3.63, 3.8) is 0 Å². The molecule has 0 spiro atoms. The van der Waals surface area contributed by atoms with E-state index in [4.69, 9.17) is 11.1 Å². The second-order valence-electron chi connectivity index (χ2n) is 7.23. The second kappa shape index (κ2) is 8.57. The van der Waals surface area contributed by atoms with Gasteiger partial charge in [-0.3, -0.25) is 19.1 Å². The predicted octanol–water partition coefficient (Wildman–Crippen LogP) is 2.48. The van der Waals surface area contributed by atoms with E-state index in [0.29, 0.717) is 5.56 Å². The van der Waals surface area contributed by atoms with Crippen molar-refractivity contribution in [2.75, 3.05) is 5.73 Å². The Morgan fingerprint density at radius 1 is 0.853 bits per heavy atom. The number of anilines is 1. The minimum absolute atomic E-state index is 0.0655. The summed E-state index contributed by atoms with van der Waals surface area (Å²) >= 11 is 0. The van der Waals surface area contributed by atoms with Crippen LogP contribution in [0.1, 0.15) is 11.1 Å². The molecule has 180 valence electrons. The minimum Gasteiger partial charge on any atom is -0.398 e. The number of rotatable bonds is 5. The zero-order chi connectivity index (χ0) is 25.6. The lowest BCUT2D eigenvalue weighted by molar-refractivity contribution is 0.481. The van der Waals surface area contributed by atoms with Crippen LogP contribution in [0.3, 0.4) is 0 Å². The summed E-state index contributed by atoms with van der Waals surface area (Å²) in [6, 6.07) is 6.15. The lowest BCUT2D eigenvalue weighted by atomic mass is 9.94. The Morgan fingerprint density at radius 2 is 1.47 bits per heavy atom. The largest absolute Gasteiger partial charge is 0.398 e. The average molecular weight is 527 g/mol. The Hall–Kier alpha value is -3.14. The molecular formula is C20H18N2O9S3. The van der Waals surface area contributed by atoms with E-state index in [2.05, 4.69) is 0 Å². The number of benzene rings is 2. The molecule has 0 saturated heterocycles. The third kappa shape index (κ3) is 5.16. The van der Waals surface area contributed by atoms with Crippen LogP contribution in [0.2, 0.25) is 0 Å². The average Bonchev–Trinajstić information content (AvgIpc) is 2.68. The van der Waals surface area contributed by atoms with Gasteiger partial charge in [0.25, 0.3) is 30.4 Å². The van der Waals surface area contributed by atoms with Crippen LogP contribution in [-0.4, -0.2) is 44.6 Å². The molecule has 6 N–H and O–H groups in total. The van der Waals surface area contributed by atoms with E-state index in [-0.39, 0.29) is 28.0 Å². The van der Waals surface area contributed by atoms with Crippen LogP contribution in [0.15, 0.2) is 68.8 Å². The van der Waals surface area contributed by atoms with Gasteiger partial charge in [-0.25, -0.2) is 0 Å². The summed E-state index contributed by atoms with van der Waals surface area (Å²) in [5, 5.41) is 7.65. The summed E-state index contributed by atoms with van der Waals surface area (Å²) in [5.41, 5.74) is 5.75. The van der Waals surface area contributed by atoms with E-state index in [0.717, 1.165) is 24.3 Å². The van der Waals surface area contributed by atoms with Crippen LogP contribution < -0.4 is 5.73 Å². The molecule has 0 atom stereocenters. The van der Waals surface area contributed by atoms with Crippen molar-refractivity contribution >= 4 is 47.8 Å². The number of nitrogen functional groups attached to an aromatic ring is 1. The molecule has 2 aromatic rings. The van der Waals surface area contributed by atoms with Gasteiger partial charge in [-0.1, -0.05) is 18.2 Å². The van der Waals surface area contributed by atoms with Gasteiger partial charge in [0.15, 0.2) is 0 Å².